The van der Waals surface area contributed by atoms with E-state index in [1.807, 2.05) is 5.32 Å². The summed E-state index contributed by atoms with van der Waals surface area (Å²) in [6.45, 7) is 3.50. The number of allylic oxidation sites excluding steroid dienone is 1. The quantitative estimate of drug-likeness (QED) is 0.757. The lowest BCUT2D eigenvalue weighted by Crippen LogP contribution is -2.41. The zero-order valence-electron chi connectivity index (χ0n) is 11.3. The van der Waals surface area contributed by atoms with Crippen LogP contribution in [-0.4, -0.2) is 31.7 Å². The topological polar surface area (TPSA) is 41.1 Å². The van der Waals surface area contributed by atoms with Crippen LogP contribution in [0.2, 0.25) is 0 Å². The third kappa shape index (κ3) is 6.09. The first kappa shape index (κ1) is 16.0. The smallest absolute Gasteiger partial charge is 0.346 e. The van der Waals surface area contributed by atoms with Gasteiger partial charge in [0, 0.05) is 6.54 Å². The molecule has 0 spiro atoms. The molecule has 6 heteroatoms. The monoisotopic (exact) mass is 278 g/mol. The first-order chi connectivity index (χ1) is 8.79. The molecule has 0 unspecified atom stereocenters. The van der Waals surface area contributed by atoms with E-state index in [0.717, 1.165) is 12.8 Å². The summed E-state index contributed by atoms with van der Waals surface area (Å²) in [5.74, 6) is 0.280. The predicted molar refractivity (Wildman–Crippen MR) is 67.6 cm³/mol. The molecule has 0 bridgehead atoms. The summed E-state index contributed by atoms with van der Waals surface area (Å²) in [7, 11) is 0. The fraction of sp³-hybridized carbons (Fsp3) is 0.769. The number of nitrogens with one attached hydrogen (secondary N) is 2. The van der Waals surface area contributed by atoms with Crippen molar-refractivity contribution in [3.8, 4) is 0 Å². The number of halogens is 3. The molecule has 0 aromatic carbocycles. The Kier molecular flexibility index (Phi) is 5.85. The van der Waals surface area contributed by atoms with Crippen molar-refractivity contribution < 1.29 is 18.0 Å². The second-order valence-electron chi connectivity index (χ2n) is 5.13. The summed E-state index contributed by atoms with van der Waals surface area (Å²) in [6.07, 6.45) is 0.0302. The molecule has 2 N–H and O–H groups in total. The minimum atomic E-state index is -4.35. The van der Waals surface area contributed by atoms with Crippen LogP contribution in [-0.2, 0) is 4.79 Å². The van der Waals surface area contributed by atoms with Crippen LogP contribution >= 0.6 is 0 Å². The first-order valence-electron chi connectivity index (χ1n) is 6.50. The number of hydrogen-bond acceptors (Lipinski definition) is 2. The van der Waals surface area contributed by atoms with Crippen LogP contribution in [0.15, 0.2) is 11.6 Å². The van der Waals surface area contributed by atoms with Crippen LogP contribution < -0.4 is 10.6 Å². The third-order valence-electron chi connectivity index (χ3n) is 3.50. The second kappa shape index (κ2) is 6.93. The van der Waals surface area contributed by atoms with E-state index in [4.69, 9.17) is 0 Å². The SMILES string of the molecule is CC1=CCC[C@H](C)[C@H]1CNCC(=O)NCC(F)(F)F. The lowest BCUT2D eigenvalue weighted by Gasteiger charge is -2.28. The van der Waals surface area contributed by atoms with Crippen molar-refractivity contribution in [3.63, 3.8) is 0 Å². The van der Waals surface area contributed by atoms with E-state index in [0.29, 0.717) is 18.4 Å². The Labute approximate surface area is 111 Å². The zero-order chi connectivity index (χ0) is 14.5. The van der Waals surface area contributed by atoms with Gasteiger partial charge in [-0.1, -0.05) is 18.6 Å². The van der Waals surface area contributed by atoms with Gasteiger partial charge in [0.25, 0.3) is 0 Å². The number of amides is 1. The van der Waals surface area contributed by atoms with Crippen LogP contribution in [0.3, 0.4) is 0 Å². The van der Waals surface area contributed by atoms with E-state index in [1.165, 1.54) is 5.57 Å². The summed E-state index contributed by atoms with van der Waals surface area (Å²) in [5.41, 5.74) is 1.29. The van der Waals surface area contributed by atoms with Gasteiger partial charge in [0.1, 0.15) is 6.54 Å². The molecule has 110 valence electrons. The molecule has 2 atom stereocenters. The fourth-order valence-electron chi connectivity index (χ4n) is 2.34. The molecular formula is C13H21F3N2O. The Bertz CT molecular complexity index is 339. The molecule has 3 nitrogen and oxygen atoms in total. The van der Waals surface area contributed by atoms with Crippen molar-refractivity contribution in [1.29, 1.82) is 0 Å². The van der Waals surface area contributed by atoms with Crippen molar-refractivity contribution in [2.24, 2.45) is 11.8 Å². The Balaban J connectivity index is 2.24. The van der Waals surface area contributed by atoms with E-state index in [-0.39, 0.29) is 6.54 Å². The maximum absolute atomic E-state index is 11.9. The molecule has 0 heterocycles. The van der Waals surface area contributed by atoms with Crippen LogP contribution in [0.4, 0.5) is 13.2 Å². The standard InChI is InChI=1S/C13H21F3N2O/c1-9-4-3-5-10(2)11(9)6-17-7-12(19)18-8-13(14,15)16/h4,10-11,17H,3,5-8H2,1-2H3,(H,18,19)/t10-,11-/m0/s1. The van der Waals surface area contributed by atoms with Gasteiger partial charge in [-0.15, -0.1) is 0 Å². The van der Waals surface area contributed by atoms with Crippen molar-refractivity contribution in [3.05, 3.63) is 11.6 Å². The number of rotatable bonds is 5. The van der Waals surface area contributed by atoms with Crippen molar-refractivity contribution in [2.45, 2.75) is 32.9 Å². The van der Waals surface area contributed by atoms with E-state index in [1.54, 1.807) is 0 Å². The van der Waals surface area contributed by atoms with Crippen LogP contribution in [0.1, 0.15) is 26.7 Å². The number of hydrogen-bond donors (Lipinski definition) is 2. The highest BCUT2D eigenvalue weighted by Crippen LogP contribution is 2.29. The second-order valence-corrected chi connectivity index (χ2v) is 5.13. The highest BCUT2D eigenvalue weighted by atomic mass is 19.4. The lowest BCUT2D eigenvalue weighted by molar-refractivity contribution is -0.137. The molecule has 19 heavy (non-hydrogen) atoms. The summed E-state index contributed by atoms with van der Waals surface area (Å²) in [4.78, 5) is 11.2. The van der Waals surface area contributed by atoms with Gasteiger partial charge in [0.15, 0.2) is 0 Å². The van der Waals surface area contributed by atoms with Gasteiger partial charge in [-0.3, -0.25) is 4.79 Å². The Morgan fingerprint density at radius 1 is 1.47 bits per heavy atom. The summed E-state index contributed by atoms with van der Waals surface area (Å²) in [6, 6.07) is 0. The molecule has 1 amide bonds. The maximum atomic E-state index is 11.9. The number of carbonyl (C=O) groups is 1. The van der Waals surface area contributed by atoms with Crippen LogP contribution in [0.25, 0.3) is 0 Å². The lowest BCUT2D eigenvalue weighted by atomic mass is 9.80. The highest BCUT2D eigenvalue weighted by Gasteiger charge is 2.27. The van der Waals surface area contributed by atoms with E-state index >= 15 is 0 Å². The molecule has 0 saturated carbocycles. The van der Waals surface area contributed by atoms with Gasteiger partial charge in [-0.2, -0.15) is 13.2 Å². The van der Waals surface area contributed by atoms with Gasteiger partial charge in [-0.25, -0.2) is 0 Å². The van der Waals surface area contributed by atoms with Crippen LogP contribution in [0.5, 0.6) is 0 Å². The summed E-state index contributed by atoms with van der Waals surface area (Å²) >= 11 is 0. The highest BCUT2D eigenvalue weighted by molar-refractivity contribution is 5.78. The van der Waals surface area contributed by atoms with Crippen molar-refractivity contribution >= 4 is 5.91 Å². The van der Waals surface area contributed by atoms with Gasteiger partial charge in [-0.05, 0) is 31.6 Å². The largest absolute Gasteiger partial charge is 0.405 e. The maximum Gasteiger partial charge on any atom is 0.405 e. The molecule has 0 aromatic rings. The molecule has 1 aliphatic carbocycles. The van der Waals surface area contributed by atoms with Crippen LogP contribution in [0, 0.1) is 11.8 Å². The van der Waals surface area contributed by atoms with Gasteiger partial charge >= 0.3 is 6.18 Å². The normalized spacial score (nSPS) is 23.9. The first-order valence-corrected chi connectivity index (χ1v) is 6.50. The number of carbonyl (C=O) groups excluding carboxylic acids is 1. The molecule has 0 aliphatic heterocycles. The predicted octanol–water partition coefficient (Wildman–Crippen LogP) is 2.25. The van der Waals surface area contributed by atoms with Gasteiger partial charge in [0.2, 0.25) is 5.91 Å². The van der Waals surface area contributed by atoms with E-state index < -0.39 is 18.6 Å². The Morgan fingerprint density at radius 2 is 2.16 bits per heavy atom. The Morgan fingerprint density at radius 3 is 2.74 bits per heavy atom. The van der Waals surface area contributed by atoms with Gasteiger partial charge < -0.3 is 10.6 Å². The molecule has 0 saturated heterocycles. The molecule has 1 aliphatic rings. The van der Waals surface area contributed by atoms with Crippen molar-refractivity contribution in [2.75, 3.05) is 19.6 Å². The molecule has 0 radical (unpaired) electrons. The van der Waals surface area contributed by atoms with Gasteiger partial charge in [0.05, 0.1) is 6.54 Å². The molecule has 1 rings (SSSR count). The van der Waals surface area contributed by atoms with E-state index in [9.17, 15) is 18.0 Å². The molecular weight excluding hydrogens is 257 g/mol. The zero-order valence-corrected chi connectivity index (χ0v) is 11.3. The molecule has 0 fully saturated rings. The van der Waals surface area contributed by atoms with Crippen molar-refractivity contribution in [1.82, 2.24) is 10.6 Å². The Hall–Kier alpha value is -1.04. The molecule has 0 aromatic heterocycles. The third-order valence-corrected chi connectivity index (χ3v) is 3.50. The average Bonchev–Trinajstić information content (AvgIpc) is 2.29. The minimum Gasteiger partial charge on any atom is -0.346 e. The summed E-state index contributed by atoms with van der Waals surface area (Å²) < 4.78 is 35.7. The fourth-order valence-corrected chi connectivity index (χ4v) is 2.34. The summed E-state index contributed by atoms with van der Waals surface area (Å²) in [5, 5.41) is 4.77. The van der Waals surface area contributed by atoms with E-state index in [2.05, 4.69) is 25.2 Å². The number of alkyl halides is 3. The minimum absolute atomic E-state index is 0.0768. The average molecular weight is 278 g/mol.